The van der Waals surface area contributed by atoms with Crippen molar-refractivity contribution in [3.63, 3.8) is 0 Å². The van der Waals surface area contributed by atoms with Crippen molar-refractivity contribution in [2.24, 2.45) is 0 Å². The molecule has 0 unspecified atom stereocenters. The van der Waals surface area contributed by atoms with E-state index >= 15 is 0 Å². The zero-order chi connectivity index (χ0) is 18.6. The van der Waals surface area contributed by atoms with Gasteiger partial charge in [0.2, 0.25) is 11.2 Å². The number of aliphatic hydroxyl groups is 1. The first-order chi connectivity index (χ1) is 11.9. The van der Waals surface area contributed by atoms with Gasteiger partial charge >= 0.3 is 0 Å². The third-order valence-electron chi connectivity index (χ3n) is 3.16. The van der Waals surface area contributed by atoms with Gasteiger partial charge in [0.25, 0.3) is 0 Å². The summed E-state index contributed by atoms with van der Waals surface area (Å²) in [4.78, 5) is 12.1. The summed E-state index contributed by atoms with van der Waals surface area (Å²) < 4.78 is 5.41. The second-order valence-electron chi connectivity index (χ2n) is 4.94. The van der Waals surface area contributed by atoms with Crippen LogP contribution in [-0.4, -0.2) is 37.9 Å². The number of phenolic OH excluding ortho intramolecular Hbond substituents is 3. The third-order valence-corrected chi connectivity index (χ3v) is 3.36. The van der Waals surface area contributed by atoms with Crippen molar-refractivity contribution < 1.29 is 29.9 Å². The summed E-state index contributed by atoms with van der Waals surface area (Å²) >= 11 is 3.67. The molecule has 0 spiro atoms. The van der Waals surface area contributed by atoms with Gasteiger partial charge in [-0.15, -0.1) is 0 Å². The highest BCUT2D eigenvalue weighted by molar-refractivity contribution is 7.80. The Kier molecular flexibility index (Phi) is 5.79. The van der Waals surface area contributed by atoms with E-state index in [4.69, 9.17) is 9.52 Å². The minimum atomic E-state index is -0.808. The lowest BCUT2D eigenvalue weighted by molar-refractivity contribution is 0.323. The first-order valence-corrected chi connectivity index (χ1v) is 7.75. The summed E-state index contributed by atoms with van der Waals surface area (Å²) in [5.74, 6) is -0.930. The van der Waals surface area contributed by atoms with Gasteiger partial charge < -0.3 is 29.9 Å². The van der Waals surface area contributed by atoms with Crippen LogP contribution in [0.3, 0.4) is 0 Å². The van der Waals surface area contributed by atoms with Gasteiger partial charge in [0.05, 0.1) is 6.61 Å². The smallest absolute Gasteiger partial charge is 0.238 e. The van der Waals surface area contributed by atoms with E-state index in [2.05, 4.69) is 12.6 Å². The van der Waals surface area contributed by atoms with Gasteiger partial charge in [-0.2, -0.15) is 12.6 Å². The molecule has 7 nitrogen and oxygen atoms in total. The first kappa shape index (κ1) is 18.5. The summed E-state index contributed by atoms with van der Waals surface area (Å²) in [7, 11) is 0. The van der Waals surface area contributed by atoms with E-state index in [0.717, 1.165) is 6.07 Å². The van der Waals surface area contributed by atoms with Crippen LogP contribution in [0, 0.1) is 0 Å². The molecule has 0 radical (unpaired) electrons. The first-order valence-electron chi connectivity index (χ1n) is 7.12. The van der Waals surface area contributed by atoms with E-state index < -0.39 is 16.9 Å². The lowest BCUT2D eigenvalue weighted by Crippen LogP contribution is -2.02. The summed E-state index contributed by atoms with van der Waals surface area (Å²) in [5.41, 5.74) is -0.498. The molecular weight excluding hydrogens is 348 g/mol. The van der Waals surface area contributed by atoms with Crippen molar-refractivity contribution in [1.82, 2.24) is 0 Å². The van der Waals surface area contributed by atoms with E-state index in [9.17, 15) is 25.2 Å². The molecule has 0 saturated heterocycles. The van der Waals surface area contributed by atoms with E-state index in [-0.39, 0.29) is 34.8 Å². The van der Waals surface area contributed by atoms with Gasteiger partial charge in [-0.3, -0.25) is 4.79 Å². The highest BCUT2D eigenvalue weighted by atomic mass is 32.1. The Morgan fingerprint density at radius 1 is 0.960 bits per heavy atom. The maximum atomic E-state index is 12.1. The molecule has 0 atom stereocenters. The number of phenols is 3. The Morgan fingerprint density at radius 3 is 2.12 bits per heavy atom. The average molecular weight is 364 g/mol. The van der Waals surface area contributed by atoms with Gasteiger partial charge in [0.1, 0.15) is 28.2 Å². The monoisotopic (exact) mass is 364 g/mol. The van der Waals surface area contributed by atoms with Crippen LogP contribution < -0.4 is 5.43 Å². The second kappa shape index (κ2) is 7.82. The topological polar surface area (TPSA) is 131 Å². The fourth-order valence-electron chi connectivity index (χ4n) is 2.08. The Morgan fingerprint density at radius 2 is 1.56 bits per heavy atom. The highest BCUT2D eigenvalue weighted by Crippen LogP contribution is 2.35. The SMILES string of the molecule is O=c1c(O)c(-c2ccc(O)cc2)oc2cc(O)cc(O)c12.OCCS. The molecule has 2 aromatic carbocycles. The van der Waals surface area contributed by atoms with Crippen molar-refractivity contribution in [2.45, 2.75) is 0 Å². The Balaban J connectivity index is 0.000000511. The normalized spacial score (nSPS) is 10.3. The minimum absolute atomic E-state index is 0.0247. The molecule has 8 heteroatoms. The van der Waals surface area contributed by atoms with Crippen LogP contribution in [0.1, 0.15) is 0 Å². The highest BCUT2D eigenvalue weighted by Gasteiger charge is 2.18. The molecule has 3 aromatic rings. The molecular formula is C17H16O7S. The molecule has 0 saturated carbocycles. The molecule has 25 heavy (non-hydrogen) atoms. The Hall–Kier alpha value is -2.84. The molecule has 5 N–H and O–H groups in total. The van der Waals surface area contributed by atoms with Gasteiger partial charge in [0.15, 0.2) is 5.76 Å². The number of hydrogen-bond donors (Lipinski definition) is 6. The molecule has 0 bridgehead atoms. The number of fused-ring (bicyclic) bond motifs is 1. The van der Waals surface area contributed by atoms with Gasteiger partial charge in [-0.1, -0.05) is 0 Å². The predicted molar refractivity (Wildman–Crippen MR) is 95.5 cm³/mol. The lowest BCUT2D eigenvalue weighted by Gasteiger charge is -2.07. The number of aliphatic hydroxyl groups excluding tert-OH is 1. The summed E-state index contributed by atoms with van der Waals surface area (Å²) in [6, 6.07) is 7.82. The van der Waals surface area contributed by atoms with Crippen LogP contribution in [0.5, 0.6) is 23.0 Å². The van der Waals surface area contributed by atoms with E-state index in [0.29, 0.717) is 11.3 Å². The molecule has 1 heterocycles. The van der Waals surface area contributed by atoms with E-state index in [1.807, 2.05) is 0 Å². The molecule has 1 aromatic heterocycles. The second-order valence-corrected chi connectivity index (χ2v) is 5.39. The largest absolute Gasteiger partial charge is 0.508 e. The van der Waals surface area contributed by atoms with Gasteiger partial charge in [-0.25, -0.2) is 0 Å². The van der Waals surface area contributed by atoms with Crippen molar-refractivity contribution in [3.05, 3.63) is 46.6 Å². The number of benzene rings is 2. The van der Waals surface area contributed by atoms with Crippen LogP contribution in [-0.2, 0) is 0 Å². The summed E-state index contributed by atoms with van der Waals surface area (Å²) in [5, 5.41) is 45.9. The molecule has 3 rings (SSSR count). The van der Waals surface area contributed by atoms with E-state index in [1.54, 1.807) is 0 Å². The number of rotatable bonds is 2. The molecule has 0 amide bonds. The summed E-state index contributed by atoms with van der Waals surface area (Å²) in [6.07, 6.45) is 0. The average Bonchev–Trinajstić information content (AvgIpc) is 2.58. The molecule has 132 valence electrons. The standard InChI is InChI=1S/C15H10O6.C2H6OS/c16-8-3-1-7(2-4-8)15-14(20)13(19)12-10(18)5-9(17)6-11(12)21-15;3-1-2-4/h1-6,16-18,20H;3-4H,1-2H2. The quantitative estimate of drug-likeness (QED) is 0.384. The van der Waals surface area contributed by atoms with E-state index in [1.165, 1.54) is 30.3 Å². The van der Waals surface area contributed by atoms with Crippen LogP contribution >= 0.6 is 12.6 Å². The van der Waals surface area contributed by atoms with Crippen molar-refractivity contribution in [2.75, 3.05) is 12.4 Å². The molecule has 0 aliphatic rings. The molecule has 0 aliphatic heterocycles. The van der Waals surface area contributed by atoms with Crippen LogP contribution in [0.15, 0.2) is 45.6 Å². The van der Waals surface area contributed by atoms with Gasteiger partial charge in [0, 0.05) is 23.4 Å². The fourth-order valence-corrected chi connectivity index (χ4v) is 2.08. The van der Waals surface area contributed by atoms with Crippen molar-refractivity contribution in [3.8, 4) is 34.3 Å². The zero-order valence-electron chi connectivity index (χ0n) is 12.9. The zero-order valence-corrected chi connectivity index (χ0v) is 13.8. The molecule has 0 aliphatic carbocycles. The summed E-state index contributed by atoms with van der Waals surface area (Å²) in [6.45, 7) is 0.184. The maximum absolute atomic E-state index is 12.1. The number of thiol groups is 1. The predicted octanol–water partition coefficient (Wildman–Crippen LogP) is 2.19. The number of aromatic hydroxyl groups is 4. The number of hydrogen-bond acceptors (Lipinski definition) is 8. The maximum Gasteiger partial charge on any atom is 0.238 e. The molecule has 0 fully saturated rings. The van der Waals surface area contributed by atoms with Crippen LogP contribution in [0.2, 0.25) is 0 Å². The van der Waals surface area contributed by atoms with Crippen molar-refractivity contribution in [1.29, 1.82) is 0 Å². The Bertz CT molecular complexity index is 930. The van der Waals surface area contributed by atoms with Crippen molar-refractivity contribution >= 4 is 23.6 Å². The lowest BCUT2D eigenvalue weighted by atomic mass is 10.1. The minimum Gasteiger partial charge on any atom is -0.508 e. The fraction of sp³-hybridized carbons (Fsp3) is 0.118. The van der Waals surface area contributed by atoms with Gasteiger partial charge in [-0.05, 0) is 24.3 Å². The Labute approximate surface area is 147 Å². The third kappa shape index (κ3) is 3.98. The van der Waals surface area contributed by atoms with Crippen LogP contribution in [0.25, 0.3) is 22.3 Å². The van der Waals surface area contributed by atoms with Crippen LogP contribution in [0.4, 0.5) is 0 Å².